The van der Waals surface area contributed by atoms with Gasteiger partial charge in [-0.3, -0.25) is 10.1 Å². The predicted molar refractivity (Wildman–Crippen MR) is 126 cm³/mol. The first-order valence-corrected chi connectivity index (χ1v) is 11.9. The van der Waals surface area contributed by atoms with Gasteiger partial charge in [-0.25, -0.2) is 9.97 Å². The molecule has 0 saturated heterocycles. The van der Waals surface area contributed by atoms with Crippen molar-refractivity contribution in [2.45, 2.75) is 32.1 Å². The number of thiazole rings is 1. The number of thiophene rings is 1. The first kappa shape index (κ1) is 19.5. The zero-order chi connectivity index (χ0) is 20.7. The summed E-state index contributed by atoms with van der Waals surface area (Å²) in [5.74, 6) is -0.259. The lowest BCUT2D eigenvalue weighted by Gasteiger charge is -2.15. The highest BCUT2D eigenvalue weighted by molar-refractivity contribution is 7.21. The first-order chi connectivity index (χ1) is 14.6. The van der Waals surface area contributed by atoms with Gasteiger partial charge in [0.05, 0.1) is 5.69 Å². The number of aryl methyl sites for hydroxylation is 1. The van der Waals surface area contributed by atoms with E-state index in [0.717, 1.165) is 52.7 Å². The van der Waals surface area contributed by atoms with Crippen LogP contribution in [-0.2, 0) is 12.8 Å². The quantitative estimate of drug-likeness (QED) is 0.362. The number of aromatic nitrogens is 2. The summed E-state index contributed by atoms with van der Waals surface area (Å²) >= 11 is 9.32. The number of hydrogen-bond acceptors (Lipinski definition) is 6. The molecule has 4 aromatic rings. The Kier molecular flexibility index (Phi) is 5.18. The largest absolute Gasteiger partial charge is 0.397 e. The summed E-state index contributed by atoms with van der Waals surface area (Å²) in [6, 6.07) is 7.82. The summed E-state index contributed by atoms with van der Waals surface area (Å²) in [7, 11) is 0. The van der Waals surface area contributed by atoms with Gasteiger partial charge in [-0.1, -0.05) is 36.2 Å². The van der Waals surface area contributed by atoms with Gasteiger partial charge in [0.15, 0.2) is 5.13 Å². The van der Waals surface area contributed by atoms with Crippen LogP contribution in [-0.4, -0.2) is 15.9 Å². The van der Waals surface area contributed by atoms with Gasteiger partial charge in [-0.2, -0.15) is 0 Å². The molecule has 0 atom stereocenters. The van der Waals surface area contributed by atoms with E-state index in [2.05, 4.69) is 10.3 Å². The molecular formula is C22H19ClN4OS2. The van der Waals surface area contributed by atoms with Gasteiger partial charge in [0.25, 0.3) is 5.91 Å². The second-order valence-corrected chi connectivity index (χ2v) is 9.57. The normalized spacial score (nSPS) is 13.8. The fraction of sp³-hybridized carbons (Fsp3) is 0.227. The van der Waals surface area contributed by atoms with Crippen molar-refractivity contribution < 1.29 is 4.79 Å². The van der Waals surface area contributed by atoms with E-state index in [1.54, 1.807) is 6.20 Å². The van der Waals surface area contributed by atoms with E-state index in [9.17, 15) is 4.79 Å². The first-order valence-electron chi connectivity index (χ1n) is 9.83. The van der Waals surface area contributed by atoms with Crippen LogP contribution in [0.2, 0.25) is 5.02 Å². The zero-order valence-corrected chi connectivity index (χ0v) is 18.5. The lowest BCUT2D eigenvalue weighted by molar-refractivity contribution is 0.103. The summed E-state index contributed by atoms with van der Waals surface area (Å²) in [6.45, 7) is 0. The molecule has 152 valence electrons. The minimum absolute atomic E-state index is 0.259. The van der Waals surface area contributed by atoms with Crippen molar-refractivity contribution in [2.75, 3.05) is 11.1 Å². The van der Waals surface area contributed by atoms with Crippen molar-refractivity contribution in [1.82, 2.24) is 9.97 Å². The summed E-state index contributed by atoms with van der Waals surface area (Å²) < 4.78 is 0. The Morgan fingerprint density at radius 1 is 1.17 bits per heavy atom. The SMILES string of the molecule is Nc1c(C(=O)Nc2nccs2)sc2nc3c(c(-c4ccccc4Cl)c12)CCCCC3. The maximum atomic E-state index is 12.9. The molecule has 0 radical (unpaired) electrons. The molecule has 3 aromatic heterocycles. The van der Waals surface area contributed by atoms with Crippen LogP contribution in [0.1, 0.15) is 40.2 Å². The molecule has 30 heavy (non-hydrogen) atoms. The molecule has 0 bridgehead atoms. The predicted octanol–water partition coefficient (Wildman–Crippen LogP) is 6.18. The number of nitrogens with zero attached hydrogens (tertiary/aromatic N) is 2. The second kappa shape index (κ2) is 7.98. The lowest BCUT2D eigenvalue weighted by Crippen LogP contribution is -2.11. The summed E-state index contributed by atoms with van der Waals surface area (Å²) in [6.07, 6.45) is 6.94. The average Bonchev–Trinajstić information content (AvgIpc) is 3.28. The number of fused-ring (bicyclic) bond motifs is 2. The van der Waals surface area contributed by atoms with Crippen molar-refractivity contribution in [1.29, 1.82) is 0 Å². The van der Waals surface area contributed by atoms with E-state index in [-0.39, 0.29) is 5.91 Å². The molecule has 5 nitrogen and oxygen atoms in total. The van der Waals surface area contributed by atoms with Crippen LogP contribution in [0.3, 0.4) is 0 Å². The standard InChI is InChI=1S/C22H19ClN4OS2/c23-14-8-5-4-6-12(14)16-13-7-2-1-3-9-15(13)26-21-17(16)18(24)19(30-21)20(28)27-22-25-10-11-29-22/h4-6,8,10-11H,1-3,7,9,24H2,(H,25,27,28). The topological polar surface area (TPSA) is 80.9 Å². The van der Waals surface area contributed by atoms with E-state index in [4.69, 9.17) is 22.3 Å². The molecule has 0 aliphatic heterocycles. The number of carbonyl (C=O) groups excluding carboxylic acids is 1. The van der Waals surface area contributed by atoms with Gasteiger partial charge in [0.2, 0.25) is 0 Å². The van der Waals surface area contributed by atoms with Crippen LogP contribution < -0.4 is 11.1 Å². The van der Waals surface area contributed by atoms with Crippen molar-refractivity contribution in [3.63, 3.8) is 0 Å². The highest BCUT2D eigenvalue weighted by Gasteiger charge is 2.26. The van der Waals surface area contributed by atoms with Crippen molar-refractivity contribution in [3.8, 4) is 11.1 Å². The second-order valence-electron chi connectivity index (χ2n) is 7.27. The van der Waals surface area contributed by atoms with E-state index < -0.39 is 0 Å². The maximum Gasteiger partial charge on any atom is 0.269 e. The zero-order valence-electron chi connectivity index (χ0n) is 16.1. The lowest BCUT2D eigenvalue weighted by atomic mass is 9.92. The molecule has 3 N–H and O–H groups in total. The Bertz CT molecular complexity index is 1250. The number of carbonyl (C=O) groups is 1. The molecule has 0 spiro atoms. The van der Waals surface area contributed by atoms with Gasteiger partial charge in [-0.05, 0) is 37.3 Å². The van der Waals surface area contributed by atoms with Crippen molar-refractivity contribution >= 4 is 61.2 Å². The molecule has 1 amide bonds. The van der Waals surface area contributed by atoms with Crippen LogP contribution in [0, 0.1) is 0 Å². The fourth-order valence-corrected chi connectivity index (χ4v) is 5.83. The molecule has 3 heterocycles. The molecule has 1 aliphatic rings. The molecule has 5 rings (SSSR count). The minimum Gasteiger partial charge on any atom is -0.397 e. The van der Waals surface area contributed by atoms with Gasteiger partial charge in [-0.15, -0.1) is 22.7 Å². The van der Waals surface area contributed by atoms with E-state index in [0.29, 0.717) is 20.7 Å². The van der Waals surface area contributed by atoms with Crippen molar-refractivity contribution in [3.05, 3.63) is 57.0 Å². The smallest absolute Gasteiger partial charge is 0.269 e. The van der Waals surface area contributed by atoms with Gasteiger partial charge < -0.3 is 5.73 Å². The Labute approximate surface area is 186 Å². The molecule has 1 aromatic carbocycles. The maximum absolute atomic E-state index is 12.9. The van der Waals surface area contributed by atoms with Crippen LogP contribution in [0.4, 0.5) is 10.8 Å². The highest BCUT2D eigenvalue weighted by atomic mass is 35.5. The summed E-state index contributed by atoms with van der Waals surface area (Å²) in [4.78, 5) is 23.3. The number of rotatable bonds is 3. The molecule has 0 fully saturated rings. The molecule has 0 saturated carbocycles. The minimum atomic E-state index is -0.259. The number of nitrogens with one attached hydrogen (secondary N) is 1. The number of amides is 1. The molecule has 8 heteroatoms. The number of nitrogen functional groups attached to an aromatic ring is 1. The summed E-state index contributed by atoms with van der Waals surface area (Å²) in [5.41, 5.74) is 11.3. The third-order valence-electron chi connectivity index (χ3n) is 5.41. The average molecular weight is 455 g/mol. The Balaban J connectivity index is 1.75. The Hall–Kier alpha value is -2.48. The monoisotopic (exact) mass is 454 g/mol. The Morgan fingerprint density at radius 2 is 2.00 bits per heavy atom. The van der Waals surface area contributed by atoms with E-state index in [1.807, 2.05) is 29.6 Å². The number of hydrogen-bond donors (Lipinski definition) is 2. The summed E-state index contributed by atoms with van der Waals surface area (Å²) in [5, 5.41) is 6.71. The van der Waals surface area contributed by atoms with Gasteiger partial charge >= 0.3 is 0 Å². The van der Waals surface area contributed by atoms with Gasteiger partial charge in [0.1, 0.15) is 9.71 Å². The number of pyridine rings is 1. The van der Waals surface area contributed by atoms with E-state index >= 15 is 0 Å². The molecule has 0 unspecified atom stereocenters. The van der Waals surface area contributed by atoms with Crippen LogP contribution >= 0.6 is 34.3 Å². The van der Waals surface area contributed by atoms with Gasteiger partial charge in [0, 0.05) is 38.8 Å². The van der Waals surface area contributed by atoms with Crippen molar-refractivity contribution in [2.24, 2.45) is 0 Å². The Morgan fingerprint density at radius 3 is 2.80 bits per heavy atom. The third-order valence-corrected chi connectivity index (χ3v) is 7.52. The fourth-order valence-electron chi connectivity index (χ4n) is 4.05. The molecule has 1 aliphatic carbocycles. The van der Waals surface area contributed by atoms with E-state index in [1.165, 1.54) is 34.7 Å². The van der Waals surface area contributed by atoms with Crippen LogP contribution in [0.25, 0.3) is 21.3 Å². The molecular weight excluding hydrogens is 436 g/mol. The number of anilines is 2. The highest BCUT2D eigenvalue weighted by Crippen LogP contribution is 2.45. The van der Waals surface area contributed by atoms with Crippen LogP contribution in [0.5, 0.6) is 0 Å². The number of nitrogens with two attached hydrogens (primary N) is 1. The number of halogens is 1. The number of benzene rings is 1. The third kappa shape index (κ3) is 3.37. The van der Waals surface area contributed by atoms with Crippen LogP contribution in [0.15, 0.2) is 35.8 Å².